The zero-order valence-corrected chi connectivity index (χ0v) is 13.0. The maximum atomic E-state index is 6.30. The maximum absolute atomic E-state index is 6.30. The average molecular weight is 290 g/mol. The van der Waals surface area contributed by atoms with E-state index in [2.05, 4.69) is 17.0 Å². The van der Waals surface area contributed by atoms with E-state index >= 15 is 0 Å². The first kappa shape index (κ1) is 14.7. The number of nitrogens with zero attached hydrogens (tertiary/aromatic N) is 1. The highest BCUT2D eigenvalue weighted by Crippen LogP contribution is 2.36. The number of hydrogen-bond acceptors (Lipinski definition) is 4. The van der Waals surface area contributed by atoms with E-state index in [1.807, 2.05) is 6.07 Å². The number of ether oxygens (including phenoxy) is 2. The molecule has 0 radical (unpaired) electrons. The van der Waals surface area contributed by atoms with Crippen LogP contribution in [0.5, 0.6) is 11.5 Å². The average Bonchev–Trinajstić information content (AvgIpc) is 2.91. The Labute approximate surface area is 127 Å². The molecule has 116 valence electrons. The maximum Gasteiger partial charge on any atom is 0.161 e. The van der Waals surface area contributed by atoms with E-state index in [0.29, 0.717) is 12.0 Å². The Morgan fingerprint density at radius 2 is 1.95 bits per heavy atom. The zero-order chi connectivity index (χ0) is 14.8. The van der Waals surface area contributed by atoms with Crippen molar-refractivity contribution < 1.29 is 9.47 Å². The topological polar surface area (TPSA) is 47.7 Å². The molecule has 4 nitrogen and oxygen atoms in total. The Morgan fingerprint density at radius 3 is 2.67 bits per heavy atom. The smallest absolute Gasteiger partial charge is 0.161 e. The van der Waals surface area contributed by atoms with Crippen molar-refractivity contribution in [1.29, 1.82) is 0 Å². The number of benzene rings is 1. The standard InChI is InChI=1S/C17H26N2O2/c1-20-16-7-6-12(8-17(16)21-2)9-19-10-13-4-3-5-15(18)14(13)11-19/h6-8,13-15H,3-5,9-11,18H2,1-2H3. The van der Waals surface area contributed by atoms with Crippen molar-refractivity contribution in [3.05, 3.63) is 23.8 Å². The second kappa shape index (κ2) is 6.24. The lowest BCUT2D eigenvalue weighted by atomic mass is 9.78. The number of fused-ring (bicyclic) bond motifs is 1. The summed E-state index contributed by atoms with van der Waals surface area (Å²) in [6.45, 7) is 3.30. The fraction of sp³-hybridized carbons (Fsp3) is 0.647. The number of methoxy groups -OCH3 is 2. The summed E-state index contributed by atoms with van der Waals surface area (Å²) < 4.78 is 10.7. The lowest BCUT2D eigenvalue weighted by molar-refractivity contribution is 0.259. The van der Waals surface area contributed by atoms with Gasteiger partial charge in [0.25, 0.3) is 0 Å². The lowest BCUT2D eigenvalue weighted by Crippen LogP contribution is -2.38. The van der Waals surface area contributed by atoms with Gasteiger partial charge in [0.15, 0.2) is 11.5 Å². The van der Waals surface area contributed by atoms with E-state index in [1.54, 1.807) is 14.2 Å². The van der Waals surface area contributed by atoms with E-state index < -0.39 is 0 Å². The summed E-state index contributed by atoms with van der Waals surface area (Å²) in [7, 11) is 3.36. The minimum absolute atomic E-state index is 0.402. The van der Waals surface area contributed by atoms with Crippen molar-refractivity contribution in [3.8, 4) is 11.5 Å². The molecule has 1 aromatic carbocycles. The molecule has 0 aromatic heterocycles. The second-order valence-corrected chi connectivity index (χ2v) is 6.40. The molecule has 0 amide bonds. The van der Waals surface area contributed by atoms with Crippen molar-refractivity contribution in [2.24, 2.45) is 17.6 Å². The van der Waals surface area contributed by atoms with Crippen LogP contribution in [0.3, 0.4) is 0 Å². The summed E-state index contributed by atoms with van der Waals surface area (Å²) in [4.78, 5) is 2.54. The Bertz CT molecular complexity index is 492. The molecule has 1 saturated carbocycles. The van der Waals surface area contributed by atoms with Gasteiger partial charge in [-0.25, -0.2) is 0 Å². The normalized spacial score (nSPS) is 29.2. The summed E-state index contributed by atoms with van der Waals surface area (Å²) in [6.07, 6.45) is 3.85. The van der Waals surface area contributed by atoms with Gasteiger partial charge in [-0.3, -0.25) is 4.90 Å². The molecular weight excluding hydrogens is 264 g/mol. The van der Waals surface area contributed by atoms with Crippen LogP contribution in [-0.2, 0) is 6.54 Å². The second-order valence-electron chi connectivity index (χ2n) is 6.40. The van der Waals surface area contributed by atoms with Crippen LogP contribution in [0.15, 0.2) is 18.2 Å². The Morgan fingerprint density at radius 1 is 1.14 bits per heavy atom. The number of likely N-dealkylation sites (tertiary alicyclic amines) is 1. The largest absolute Gasteiger partial charge is 0.493 e. The molecule has 2 fully saturated rings. The van der Waals surface area contributed by atoms with E-state index in [9.17, 15) is 0 Å². The lowest BCUT2D eigenvalue weighted by Gasteiger charge is -2.29. The fourth-order valence-corrected chi connectivity index (χ4v) is 3.98. The Balaban J connectivity index is 1.67. The van der Waals surface area contributed by atoms with Crippen LogP contribution in [0.4, 0.5) is 0 Å². The first-order chi connectivity index (χ1) is 10.2. The van der Waals surface area contributed by atoms with Crippen molar-refractivity contribution in [1.82, 2.24) is 4.90 Å². The van der Waals surface area contributed by atoms with Gasteiger partial charge in [0.1, 0.15) is 0 Å². The monoisotopic (exact) mass is 290 g/mol. The molecule has 2 aliphatic rings. The van der Waals surface area contributed by atoms with Crippen LogP contribution in [0.2, 0.25) is 0 Å². The van der Waals surface area contributed by atoms with Gasteiger partial charge < -0.3 is 15.2 Å². The third kappa shape index (κ3) is 3.01. The summed E-state index contributed by atoms with van der Waals surface area (Å²) in [5.41, 5.74) is 7.57. The van der Waals surface area contributed by atoms with Gasteiger partial charge in [0, 0.05) is 25.7 Å². The van der Waals surface area contributed by atoms with Crippen molar-refractivity contribution in [2.75, 3.05) is 27.3 Å². The first-order valence-corrected chi connectivity index (χ1v) is 7.90. The number of rotatable bonds is 4. The predicted octanol–water partition coefficient (Wildman–Crippen LogP) is 2.26. The van der Waals surface area contributed by atoms with Crippen LogP contribution in [0.25, 0.3) is 0 Å². The molecule has 1 aromatic rings. The Kier molecular flexibility index (Phi) is 4.36. The van der Waals surface area contributed by atoms with Crippen LogP contribution in [0.1, 0.15) is 24.8 Å². The predicted molar refractivity (Wildman–Crippen MR) is 83.6 cm³/mol. The van der Waals surface area contributed by atoms with Gasteiger partial charge in [-0.05, 0) is 42.4 Å². The molecule has 0 bridgehead atoms. The van der Waals surface area contributed by atoms with Gasteiger partial charge in [-0.15, -0.1) is 0 Å². The van der Waals surface area contributed by atoms with Crippen LogP contribution < -0.4 is 15.2 Å². The van der Waals surface area contributed by atoms with Gasteiger partial charge in [-0.2, -0.15) is 0 Å². The molecule has 3 unspecified atom stereocenters. The molecule has 1 saturated heterocycles. The van der Waals surface area contributed by atoms with Crippen LogP contribution in [-0.4, -0.2) is 38.3 Å². The van der Waals surface area contributed by atoms with E-state index in [1.165, 1.54) is 31.4 Å². The molecule has 0 spiro atoms. The summed E-state index contributed by atoms with van der Waals surface area (Å²) in [6, 6.07) is 6.60. The minimum atomic E-state index is 0.402. The molecular formula is C17H26N2O2. The van der Waals surface area contributed by atoms with Gasteiger partial charge >= 0.3 is 0 Å². The van der Waals surface area contributed by atoms with Gasteiger partial charge in [0.05, 0.1) is 14.2 Å². The van der Waals surface area contributed by atoms with Gasteiger partial charge in [-0.1, -0.05) is 12.5 Å². The first-order valence-electron chi connectivity index (χ1n) is 7.90. The molecule has 3 rings (SSSR count). The molecule has 21 heavy (non-hydrogen) atoms. The highest BCUT2D eigenvalue weighted by atomic mass is 16.5. The van der Waals surface area contributed by atoms with E-state index in [-0.39, 0.29) is 0 Å². The summed E-state index contributed by atoms with van der Waals surface area (Å²) in [5, 5.41) is 0. The SMILES string of the molecule is COc1ccc(CN2CC3CCCC(N)C3C2)cc1OC. The molecule has 1 aliphatic carbocycles. The number of nitrogens with two attached hydrogens (primary N) is 1. The third-order valence-corrected chi connectivity index (χ3v) is 5.08. The highest BCUT2D eigenvalue weighted by molar-refractivity contribution is 5.42. The van der Waals surface area contributed by atoms with E-state index in [0.717, 1.165) is 30.5 Å². The van der Waals surface area contributed by atoms with Crippen molar-refractivity contribution in [2.45, 2.75) is 31.8 Å². The number of hydrogen-bond donors (Lipinski definition) is 1. The van der Waals surface area contributed by atoms with Gasteiger partial charge in [0.2, 0.25) is 0 Å². The Hall–Kier alpha value is -1.26. The van der Waals surface area contributed by atoms with Crippen LogP contribution >= 0.6 is 0 Å². The minimum Gasteiger partial charge on any atom is -0.493 e. The van der Waals surface area contributed by atoms with Crippen LogP contribution in [0, 0.1) is 11.8 Å². The highest BCUT2D eigenvalue weighted by Gasteiger charge is 2.38. The van der Waals surface area contributed by atoms with E-state index in [4.69, 9.17) is 15.2 Å². The molecule has 3 atom stereocenters. The summed E-state index contributed by atoms with van der Waals surface area (Å²) in [5.74, 6) is 3.09. The van der Waals surface area contributed by atoms with Crippen molar-refractivity contribution >= 4 is 0 Å². The zero-order valence-electron chi connectivity index (χ0n) is 13.0. The fourth-order valence-electron chi connectivity index (χ4n) is 3.98. The third-order valence-electron chi connectivity index (χ3n) is 5.08. The summed E-state index contributed by atoms with van der Waals surface area (Å²) >= 11 is 0. The molecule has 4 heteroatoms. The van der Waals surface area contributed by atoms with Crippen molar-refractivity contribution in [3.63, 3.8) is 0 Å². The quantitative estimate of drug-likeness (QED) is 0.924. The molecule has 1 heterocycles. The molecule has 1 aliphatic heterocycles. The molecule has 2 N–H and O–H groups in total.